The lowest BCUT2D eigenvalue weighted by molar-refractivity contribution is 0.628. The molecule has 4 nitrogen and oxygen atoms in total. The highest BCUT2D eigenvalue weighted by atomic mass is 19.1. The molecule has 2 rings (SSSR count). The van der Waals surface area contributed by atoms with Gasteiger partial charge in [-0.3, -0.25) is 0 Å². The number of benzene rings is 1. The molecule has 1 heterocycles. The molecule has 0 aliphatic rings. The topological polar surface area (TPSA) is 63.0 Å². The van der Waals surface area contributed by atoms with Crippen LogP contribution in [0.4, 0.5) is 21.7 Å². The molecule has 1 aromatic carbocycles. The van der Waals surface area contributed by atoms with Crippen molar-refractivity contribution in [3.05, 3.63) is 48.3 Å². The van der Waals surface area contributed by atoms with E-state index in [-0.39, 0.29) is 5.82 Å². The maximum atomic E-state index is 12.9. The van der Waals surface area contributed by atoms with Crippen LogP contribution in [0.3, 0.4) is 0 Å². The Labute approximate surface area is 92.3 Å². The molecule has 0 spiro atoms. The van der Waals surface area contributed by atoms with Crippen molar-refractivity contribution in [3.8, 4) is 0 Å². The third kappa shape index (κ3) is 2.46. The lowest BCUT2D eigenvalue weighted by Gasteiger charge is -2.06. The molecular weight excluding hydrogens is 207 g/mol. The molecule has 0 radical (unpaired) electrons. The lowest BCUT2D eigenvalue weighted by atomic mass is 10.3. The summed E-state index contributed by atoms with van der Waals surface area (Å²) >= 11 is 0. The predicted octanol–water partition coefficient (Wildman–Crippen LogP) is 2.25. The number of pyridine rings is 1. The molecule has 0 aliphatic carbocycles. The van der Waals surface area contributed by atoms with Gasteiger partial charge in [-0.25, -0.2) is 15.2 Å². The van der Waals surface area contributed by atoms with E-state index in [1.807, 2.05) is 0 Å². The molecule has 0 fully saturated rings. The van der Waals surface area contributed by atoms with Crippen LogP contribution >= 0.6 is 0 Å². The van der Waals surface area contributed by atoms with E-state index in [4.69, 9.17) is 5.84 Å². The minimum Gasteiger partial charge on any atom is -0.340 e. The average molecular weight is 218 g/mol. The molecule has 16 heavy (non-hydrogen) atoms. The summed E-state index contributed by atoms with van der Waals surface area (Å²) in [6.45, 7) is 0. The Bertz CT molecular complexity index is 487. The molecule has 0 atom stereocenters. The van der Waals surface area contributed by atoms with Gasteiger partial charge in [0, 0.05) is 5.69 Å². The van der Waals surface area contributed by atoms with E-state index in [2.05, 4.69) is 15.7 Å². The SMILES string of the molecule is NNc1cccc(Nc2cccc(F)c2)n1. The standard InChI is InChI=1S/C11H11FN4/c12-8-3-1-4-9(7-8)14-10-5-2-6-11(15-10)16-13/h1-7H,13H2,(H2,14,15,16). The third-order valence-corrected chi connectivity index (χ3v) is 1.99. The Morgan fingerprint density at radius 1 is 1.06 bits per heavy atom. The zero-order valence-corrected chi connectivity index (χ0v) is 8.44. The maximum Gasteiger partial charge on any atom is 0.142 e. The lowest BCUT2D eigenvalue weighted by Crippen LogP contribution is -2.08. The molecule has 4 N–H and O–H groups in total. The van der Waals surface area contributed by atoms with Gasteiger partial charge in [-0.05, 0) is 30.3 Å². The minimum atomic E-state index is -0.293. The molecule has 0 saturated carbocycles. The van der Waals surface area contributed by atoms with Crippen molar-refractivity contribution in [1.29, 1.82) is 0 Å². The van der Waals surface area contributed by atoms with E-state index in [1.54, 1.807) is 30.3 Å². The second kappa shape index (κ2) is 4.59. The van der Waals surface area contributed by atoms with Gasteiger partial charge >= 0.3 is 0 Å². The summed E-state index contributed by atoms with van der Waals surface area (Å²) in [6.07, 6.45) is 0. The minimum absolute atomic E-state index is 0.293. The van der Waals surface area contributed by atoms with E-state index in [9.17, 15) is 4.39 Å². The first-order valence-corrected chi connectivity index (χ1v) is 4.74. The Morgan fingerprint density at radius 2 is 1.81 bits per heavy atom. The van der Waals surface area contributed by atoms with Gasteiger partial charge in [-0.1, -0.05) is 12.1 Å². The Hall–Kier alpha value is -2.14. The van der Waals surface area contributed by atoms with Crippen molar-refractivity contribution in [2.45, 2.75) is 0 Å². The fraction of sp³-hybridized carbons (Fsp3) is 0. The number of aromatic nitrogens is 1. The number of nitrogens with two attached hydrogens (primary N) is 1. The van der Waals surface area contributed by atoms with Crippen LogP contribution in [0.15, 0.2) is 42.5 Å². The Balaban J connectivity index is 2.20. The molecule has 0 saturated heterocycles. The molecular formula is C11H11FN4. The first kappa shape index (κ1) is 10.4. The number of rotatable bonds is 3. The summed E-state index contributed by atoms with van der Waals surface area (Å²) in [5.41, 5.74) is 3.08. The second-order valence-corrected chi connectivity index (χ2v) is 3.19. The molecule has 0 unspecified atom stereocenters. The molecule has 5 heteroatoms. The number of nitrogen functional groups attached to an aromatic ring is 1. The summed E-state index contributed by atoms with van der Waals surface area (Å²) in [6, 6.07) is 11.5. The zero-order chi connectivity index (χ0) is 11.4. The second-order valence-electron chi connectivity index (χ2n) is 3.19. The van der Waals surface area contributed by atoms with E-state index < -0.39 is 0 Å². The van der Waals surface area contributed by atoms with Crippen LogP contribution in [0, 0.1) is 5.82 Å². The first-order valence-electron chi connectivity index (χ1n) is 4.74. The smallest absolute Gasteiger partial charge is 0.142 e. The Morgan fingerprint density at radius 3 is 2.56 bits per heavy atom. The largest absolute Gasteiger partial charge is 0.340 e. The van der Waals surface area contributed by atoms with Gasteiger partial charge < -0.3 is 10.7 Å². The number of nitrogens with zero attached hydrogens (tertiary/aromatic N) is 1. The van der Waals surface area contributed by atoms with Gasteiger partial charge in [0.25, 0.3) is 0 Å². The maximum absolute atomic E-state index is 12.9. The van der Waals surface area contributed by atoms with Gasteiger partial charge in [-0.15, -0.1) is 0 Å². The molecule has 0 aliphatic heterocycles. The number of hydrogen-bond acceptors (Lipinski definition) is 4. The molecule has 0 amide bonds. The van der Waals surface area contributed by atoms with Gasteiger partial charge in [-0.2, -0.15) is 0 Å². The summed E-state index contributed by atoms with van der Waals surface area (Å²) in [7, 11) is 0. The first-order chi connectivity index (χ1) is 7.78. The van der Waals surface area contributed by atoms with Crippen molar-refractivity contribution in [1.82, 2.24) is 4.98 Å². The van der Waals surface area contributed by atoms with Crippen LogP contribution in [0.2, 0.25) is 0 Å². The fourth-order valence-corrected chi connectivity index (χ4v) is 1.30. The van der Waals surface area contributed by atoms with Crippen LogP contribution < -0.4 is 16.6 Å². The highest BCUT2D eigenvalue weighted by Gasteiger charge is 1.98. The summed E-state index contributed by atoms with van der Waals surface area (Å²) in [5.74, 6) is 6.08. The molecule has 1 aromatic heterocycles. The number of halogens is 1. The monoisotopic (exact) mass is 218 g/mol. The predicted molar refractivity (Wildman–Crippen MR) is 61.7 cm³/mol. The quantitative estimate of drug-likeness (QED) is 0.546. The summed E-state index contributed by atoms with van der Waals surface area (Å²) in [4.78, 5) is 4.15. The van der Waals surface area contributed by atoms with Crippen molar-refractivity contribution in [2.24, 2.45) is 5.84 Å². The van der Waals surface area contributed by atoms with E-state index >= 15 is 0 Å². The van der Waals surface area contributed by atoms with Crippen LogP contribution in [-0.2, 0) is 0 Å². The van der Waals surface area contributed by atoms with Gasteiger partial charge in [0.05, 0.1) is 0 Å². The molecule has 82 valence electrons. The van der Waals surface area contributed by atoms with E-state index in [1.165, 1.54) is 12.1 Å². The van der Waals surface area contributed by atoms with E-state index in [0.29, 0.717) is 17.3 Å². The van der Waals surface area contributed by atoms with Crippen molar-refractivity contribution >= 4 is 17.3 Å². The highest BCUT2D eigenvalue weighted by Crippen LogP contribution is 2.16. The molecule has 0 bridgehead atoms. The van der Waals surface area contributed by atoms with Crippen molar-refractivity contribution in [3.63, 3.8) is 0 Å². The number of nitrogens with one attached hydrogen (secondary N) is 2. The van der Waals surface area contributed by atoms with Crippen LogP contribution in [0.5, 0.6) is 0 Å². The number of hydrazine groups is 1. The van der Waals surface area contributed by atoms with Crippen molar-refractivity contribution < 1.29 is 4.39 Å². The van der Waals surface area contributed by atoms with Gasteiger partial charge in [0.2, 0.25) is 0 Å². The van der Waals surface area contributed by atoms with Crippen LogP contribution in [0.25, 0.3) is 0 Å². The number of hydrogen-bond donors (Lipinski definition) is 3. The zero-order valence-electron chi connectivity index (χ0n) is 8.44. The summed E-state index contributed by atoms with van der Waals surface area (Å²) in [5, 5.41) is 2.97. The van der Waals surface area contributed by atoms with Gasteiger partial charge in [0.15, 0.2) is 0 Å². The van der Waals surface area contributed by atoms with E-state index in [0.717, 1.165) is 0 Å². The van der Waals surface area contributed by atoms with Crippen LogP contribution in [0.1, 0.15) is 0 Å². The van der Waals surface area contributed by atoms with Crippen molar-refractivity contribution in [2.75, 3.05) is 10.7 Å². The highest BCUT2D eigenvalue weighted by molar-refractivity contribution is 5.57. The Kier molecular flexibility index (Phi) is 2.98. The third-order valence-electron chi connectivity index (χ3n) is 1.99. The molecule has 2 aromatic rings. The fourth-order valence-electron chi connectivity index (χ4n) is 1.30. The summed E-state index contributed by atoms with van der Waals surface area (Å²) < 4.78 is 12.9. The average Bonchev–Trinajstić information content (AvgIpc) is 2.29. The van der Waals surface area contributed by atoms with Gasteiger partial charge in [0.1, 0.15) is 17.5 Å². The number of anilines is 3. The van der Waals surface area contributed by atoms with Crippen LogP contribution in [-0.4, -0.2) is 4.98 Å². The normalized spacial score (nSPS) is 9.88.